The highest BCUT2D eigenvalue weighted by molar-refractivity contribution is 9.10. The molecule has 3 rings (SSSR count). The van der Waals surface area contributed by atoms with E-state index in [9.17, 15) is 18.0 Å². The van der Waals surface area contributed by atoms with E-state index in [1.54, 1.807) is 30.3 Å². The van der Waals surface area contributed by atoms with Crippen molar-refractivity contribution in [3.05, 3.63) is 87.9 Å². The van der Waals surface area contributed by atoms with Crippen molar-refractivity contribution in [2.24, 2.45) is 5.92 Å². The lowest BCUT2D eigenvalue weighted by molar-refractivity contribution is -0.140. The number of hydrogen-bond donors (Lipinski definition) is 1. The number of carbonyl (C=O) groups is 2. The molecule has 1 unspecified atom stereocenters. The van der Waals surface area contributed by atoms with Gasteiger partial charge in [0, 0.05) is 13.1 Å². The number of carbonyl (C=O) groups excluding carboxylic acids is 2. The van der Waals surface area contributed by atoms with Crippen molar-refractivity contribution >= 4 is 43.5 Å². The van der Waals surface area contributed by atoms with Gasteiger partial charge < -0.3 is 15.0 Å². The van der Waals surface area contributed by atoms with Gasteiger partial charge in [-0.25, -0.2) is 8.42 Å². The number of benzene rings is 3. The van der Waals surface area contributed by atoms with Gasteiger partial charge in [0.05, 0.1) is 22.2 Å². The van der Waals surface area contributed by atoms with Gasteiger partial charge in [0.1, 0.15) is 18.3 Å². The fourth-order valence-electron chi connectivity index (χ4n) is 4.52. The summed E-state index contributed by atoms with van der Waals surface area (Å²) in [5.74, 6) is -0.0383. The summed E-state index contributed by atoms with van der Waals surface area (Å²) >= 11 is 3.37. The van der Waals surface area contributed by atoms with Crippen molar-refractivity contribution in [2.45, 2.75) is 58.5 Å². The summed E-state index contributed by atoms with van der Waals surface area (Å²) < 4.78 is 35.0. The molecule has 0 aliphatic heterocycles. The van der Waals surface area contributed by atoms with Gasteiger partial charge in [0.2, 0.25) is 11.8 Å². The number of anilines is 1. The second-order valence-electron chi connectivity index (χ2n) is 10.7. The lowest BCUT2D eigenvalue weighted by Crippen LogP contribution is -2.52. The summed E-state index contributed by atoms with van der Waals surface area (Å²) in [5.41, 5.74) is 3.16. The molecule has 0 radical (unpaired) electrons. The Morgan fingerprint density at radius 2 is 1.67 bits per heavy atom. The van der Waals surface area contributed by atoms with Crippen LogP contribution in [0.5, 0.6) is 5.75 Å². The van der Waals surface area contributed by atoms with E-state index in [0.29, 0.717) is 28.9 Å². The van der Waals surface area contributed by atoms with Crippen LogP contribution in [0.2, 0.25) is 0 Å². The van der Waals surface area contributed by atoms with Gasteiger partial charge in [0.25, 0.3) is 10.0 Å². The number of sulfonamides is 1. The Kier molecular flexibility index (Phi) is 11.6. The minimum Gasteiger partial charge on any atom is -0.496 e. The van der Waals surface area contributed by atoms with Gasteiger partial charge in [-0.3, -0.25) is 13.9 Å². The topological polar surface area (TPSA) is 96.0 Å². The summed E-state index contributed by atoms with van der Waals surface area (Å²) in [6.07, 6.45) is 0.365. The third kappa shape index (κ3) is 8.35. The van der Waals surface area contributed by atoms with Crippen LogP contribution >= 0.6 is 15.9 Å². The highest BCUT2D eigenvalue weighted by Crippen LogP contribution is 2.31. The zero-order valence-corrected chi connectivity index (χ0v) is 27.5. The van der Waals surface area contributed by atoms with Gasteiger partial charge >= 0.3 is 0 Å². The van der Waals surface area contributed by atoms with Gasteiger partial charge in [-0.2, -0.15) is 0 Å². The van der Waals surface area contributed by atoms with Crippen LogP contribution in [0.1, 0.15) is 43.9 Å². The largest absolute Gasteiger partial charge is 0.496 e. The van der Waals surface area contributed by atoms with Gasteiger partial charge in [-0.15, -0.1) is 0 Å². The van der Waals surface area contributed by atoms with E-state index in [1.807, 2.05) is 58.9 Å². The zero-order valence-electron chi connectivity index (χ0n) is 25.1. The van der Waals surface area contributed by atoms with Gasteiger partial charge in [-0.05, 0) is 78.0 Å². The second-order valence-corrected chi connectivity index (χ2v) is 13.4. The van der Waals surface area contributed by atoms with Gasteiger partial charge in [0.15, 0.2) is 0 Å². The van der Waals surface area contributed by atoms with Crippen LogP contribution in [0, 0.1) is 19.8 Å². The lowest BCUT2D eigenvalue weighted by Gasteiger charge is -2.33. The highest BCUT2D eigenvalue weighted by Gasteiger charge is 2.34. The van der Waals surface area contributed by atoms with Crippen molar-refractivity contribution in [2.75, 3.05) is 24.5 Å². The molecule has 0 fully saturated rings. The minimum absolute atomic E-state index is 0.00416. The van der Waals surface area contributed by atoms with E-state index in [0.717, 1.165) is 21.0 Å². The van der Waals surface area contributed by atoms with E-state index in [1.165, 1.54) is 24.1 Å². The first-order chi connectivity index (χ1) is 19.9. The second kappa shape index (κ2) is 14.7. The summed E-state index contributed by atoms with van der Waals surface area (Å²) in [6.45, 7) is 9.84. The molecule has 226 valence electrons. The third-order valence-corrected chi connectivity index (χ3v) is 9.21. The maximum atomic E-state index is 14.2. The number of nitrogens with one attached hydrogen (secondary N) is 1. The molecule has 1 N–H and O–H groups in total. The molecule has 42 heavy (non-hydrogen) atoms. The van der Waals surface area contributed by atoms with Crippen molar-refractivity contribution < 1.29 is 22.7 Å². The van der Waals surface area contributed by atoms with Crippen LogP contribution in [0.25, 0.3) is 0 Å². The minimum atomic E-state index is -4.20. The molecule has 0 aliphatic carbocycles. The molecule has 3 aromatic carbocycles. The van der Waals surface area contributed by atoms with Crippen LogP contribution in [-0.4, -0.2) is 51.4 Å². The van der Waals surface area contributed by atoms with Crippen LogP contribution in [0.4, 0.5) is 5.69 Å². The maximum Gasteiger partial charge on any atom is 0.264 e. The van der Waals surface area contributed by atoms with Crippen LogP contribution in [-0.2, 0) is 26.2 Å². The SMILES string of the molecule is CCC(C(=O)NCC(C)C)N(Cc1cccc(C)c1)C(=O)CN(c1ccc(C)cc1)S(=O)(=O)c1ccc(OC)c(Br)c1. The molecule has 0 heterocycles. The number of amides is 2. The fraction of sp³-hybridized carbons (Fsp3) is 0.375. The quantitative estimate of drug-likeness (QED) is 0.249. The number of nitrogens with zero attached hydrogens (tertiary/aromatic N) is 2. The predicted octanol–water partition coefficient (Wildman–Crippen LogP) is 5.85. The van der Waals surface area contributed by atoms with Gasteiger partial charge in [-0.1, -0.05) is 68.3 Å². The smallest absolute Gasteiger partial charge is 0.264 e. The zero-order chi connectivity index (χ0) is 31.0. The van der Waals surface area contributed by atoms with Crippen LogP contribution < -0.4 is 14.4 Å². The van der Waals surface area contributed by atoms with E-state index >= 15 is 0 Å². The Morgan fingerprint density at radius 3 is 2.24 bits per heavy atom. The highest BCUT2D eigenvalue weighted by atomic mass is 79.9. The number of ether oxygens (including phenoxy) is 1. The monoisotopic (exact) mass is 657 g/mol. The van der Waals surface area contributed by atoms with E-state index in [4.69, 9.17) is 4.74 Å². The number of methoxy groups -OCH3 is 1. The molecule has 0 spiro atoms. The van der Waals surface area contributed by atoms with Crippen molar-refractivity contribution in [1.82, 2.24) is 10.2 Å². The Balaban J connectivity index is 2.07. The molecule has 10 heteroatoms. The molecule has 0 saturated carbocycles. The average molecular weight is 659 g/mol. The maximum absolute atomic E-state index is 14.2. The molecule has 3 aromatic rings. The molecule has 0 aliphatic rings. The molecular weight excluding hydrogens is 618 g/mol. The summed E-state index contributed by atoms with van der Waals surface area (Å²) in [5, 5.41) is 2.95. The van der Waals surface area contributed by atoms with E-state index in [2.05, 4.69) is 21.2 Å². The Hall–Kier alpha value is -3.37. The first-order valence-corrected chi connectivity index (χ1v) is 16.2. The fourth-order valence-corrected chi connectivity index (χ4v) is 6.66. The van der Waals surface area contributed by atoms with Crippen LogP contribution in [0.3, 0.4) is 0 Å². The number of hydrogen-bond acceptors (Lipinski definition) is 5. The molecule has 1 atom stereocenters. The molecular formula is C32H40BrN3O5S. The standard InChI is InChI=1S/C32H40BrN3O5S/c1-7-29(32(38)34-19-22(2)3)35(20-25-10-8-9-24(5)17-25)31(37)21-36(26-13-11-23(4)12-14-26)42(39,40)27-15-16-30(41-6)28(33)18-27/h8-18,22,29H,7,19-21H2,1-6H3,(H,34,38). The first-order valence-electron chi connectivity index (χ1n) is 13.9. The third-order valence-electron chi connectivity index (χ3n) is 6.82. The molecule has 0 saturated heterocycles. The number of aryl methyl sites for hydroxylation is 2. The predicted molar refractivity (Wildman–Crippen MR) is 170 cm³/mol. The number of rotatable bonds is 13. The molecule has 0 bridgehead atoms. The summed E-state index contributed by atoms with van der Waals surface area (Å²) in [7, 11) is -2.70. The molecule has 0 aromatic heterocycles. The Bertz CT molecular complexity index is 1490. The molecule has 2 amide bonds. The number of halogens is 1. The average Bonchev–Trinajstić information content (AvgIpc) is 2.95. The Labute approximate surface area is 258 Å². The van der Waals surface area contributed by atoms with E-state index in [-0.39, 0.29) is 23.3 Å². The Morgan fingerprint density at radius 1 is 0.976 bits per heavy atom. The summed E-state index contributed by atoms with van der Waals surface area (Å²) in [6, 6.07) is 18.3. The van der Waals surface area contributed by atoms with Crippen molar-refractivity contribution in [3.8, 4) is 5.75 Å². The van der Waals surface area contributed by atoms with Crippen LogP contribution in [0.15, 0.2) is 76.1 Å². The lowest BCUT2D eigenvalue weighted by atomic mass is 10.1. The van der Waals surface area contributed by atoms with Crippen molar-refractivity contribution in [3.63, 3.8) is 0 Å². The van der Waals surface area contributed by atoms with Crippen molar-refractivity contribution in [1.29, 1.82) is 0 Å². The molecule has 8 nitrogen and oxygen atoms in total. The normalized spacial score (nSPS) is 12.1. The van der Waals surface area contributed by atoms with E-state index < -0.39 is 28.5 Å². The first kappa shape index (κ1) is 33.1. The summed E-state index contributed by atoms with van der Waals surface area (Å²) in [4.78, 5) is 29.0.